The number of Topliss-reactive ketones (excluding diaryl/α,β-unsaturated/α-hetero) is 2. The Balaban J connectivity index is 2.30. The average Bonchev–Trinajstić information content (AvgIpc) is 2.60. The van der Waals surface area contributed by atoms with Gasteiger partial charge in [0.1, 0.15) is 11.6 Å². The maximum Gasteiger partial charge on any atom is 0.134 e. The molecular weight excluding hydrogens is 164 g/mol. The largest absolute Gasteiger partial charge is 0.300 e. The summed E-state index contributed by atoms with van der Waals surface area (Å²) in [5, 5.41) is 0. The highest BCUT2D eigenvalue weighted by molar-refractivity contribution is 5.89. The van der Waals surface area contributed by atoms with Crippen molar-refractivity contribution in [3.63, 3.8) is 0 Å². The van der Waals surface area contributed by atoms with Crippen molar-refractivity contribution in [1.82, 2.24) is 0 Å². The highest BCUT2D eigenvalue weighted by Gasteiger charge is 2.48. The van der Waals surface area contributed by atoms with Crippen molar-refractivity contribution >= 4 is 11.6 Å². The second-order valence-electron chi connectivity index (χ2n) is 4.22. The monoisotopic (exact) mass is 178 g/mol. The highest BCUT2D eigenvalue weighted by Crippen LogP contribution is 2.48. The first-order chi connectivity index (χ1) is 6.11. The molecule has 70 valence electrons. The Morgan fingerprint density at radius 3 is 1.69 bits per heavy atom. The van der Waals surface area contributed by atoms with E-state index in [2.05, 4.69) is 12.2 Å². The van der Waals surface area contributed by atoms with Crippen LogP contribution in [0.4, 0.5) is 0 Å². The molecule has 1 fully saturated rings. The molecule has 0 radical (unpaired) electrons. The lowest BCUT2D eigenvalue weighted by molar-refractivity contribution is -0.130. The summed E-state index contributed by atoms with van der Waals surface area (Å²) in [5.41, 5.74) is 0. The fourth-order valence-electron chi connectivity index (χ4n) is 2.93. The Morgan fingerprint density at radius 2 is 1.38 bits per heavy atom. The zero-order chi connectivity index (χ0) is 9.59. The molecule has 0 amide bonds. The molecule has 2 aliphatic rings. The molecule has 2 aliphatic carbocycles. The predicted molar refractivity (Wildman–Crippen MR) is 49.1 cm³/mol. The summed E-state index contributed by atoms with van der Waals surface area (Å²) in [6, 6.07) is 0. The van der Waals surface area contributed by atoms with Gasteiger partial charge in [-0.2, -0.15) is 0 Å². The van der Waals surface area contributed by atoms with Crippen LogP contribution in [-0.2, 0) is 9.59 Å². The molecule has 0 heterocycles. The van der Waals surface area contributed by atoms with Gasteiger partial charge in [-0.25, -0.2) is 0 Å². The first-order valence-corrected chi connectivity index (χ1v) is 4.80. The number of hydrogen-bond donors (Lipinski definition) is 0. The minimum atomic E-state index is -0.0208. The van der Waals surface area contributed by atoms with E-state index in [9.17, 15) is 9.59 Å². The lowest BCUT2D eigenvalue weighted by Crippen LogP contribution is -2.30. The number of fused-ring (bicyclic) bond motifs is 2. The predicted octanol–water partition coefficient (Wildman–Crippen LogP) is 1.60. The van der Waals surface area contributed by atoms with Gasteiger partial charge in [0.2, 0.25) is 0 Å². The normalized spacial score (nSPS) is 41.1. The van der Waals surface area contributed by atoms with Crippen LogP contribution >= 0.6 is 0 Å². The molecule has 0 aliphatic heterocycles. The number of carbonyl (C=O) groups is 2. The Labute approximate surface area is 78.0 Å². The van der Waals surface area contributed by atoms with E-state index in [1.54, 1.807) is 13.8 Å². The van der Waals surface area contributed by atoms with Crippen LogP contribution in [0.2, 0.25) is 0 Å². The molecule has 0 aromatic rings. The number of rotatable bonds is 2. The highest BCUT2D eigenvalue weighted by atomic mass is 16.1. The third-order valence-electron chi connectivity index (χ3n) is 3.40. The number of allylic oxidation sites excluding steroid dienone is 2. The molecule has 13 heavy (non-hydrogen) atoms. The van der Waals surface area contributed by atoms with Crippen LogP contribution in [0.1, 0.15) is 20.3 Å². The van der Waals surface area contributed by atoms with Crippen LogP contribution in [-0.4, -0.2) is 11.6 Å². The van der Waals surface area contributed by atoms with Gasteiger partial charge in [-0.1, -0.05) is 12.2 Å². The summed E-state index contributed by atoms with van der Waals surface area (Å²) in [6.45, 7) is 3.21. The summed E-state index contributed by atoms with van der Waals surface area (Å²) in [5.74, 6) is 1.00. The van der Waals surface area contributed by atoms with Gasteiger partial charge in [0, 0.05) is 11.8 Å². The molecular formula is C11H14O2. The minimum absolute atomic E-state index is 0.0208. The van der Waals surface area contributed by atoms with Gasteiger partial charge in [0.05, 0.1) is 0 Å². The molecule has 2 rings (SSSR count). The zero-order valence-corrected chi connectivity index (χ0v) is 7.99. The number of hydrogen-bond acceptors (Lipinski definition) is 2. The molecule has 2 nitrogen and oxygen atoms in total. The molecule has 0 aromatic carbocycles. The Morgan fingerprint density at radius 1 is 1.00 bits per heavy atom. The molecule has 1 saturated carbocycles. The Bertz CT molecular complexity index is 262. The van der Waals surface area contributed by atoms with E-state index in [1.807, 2.05) is 0 Å². The van der Waals surface area contributed by atoms with E-state index in [0.29, 0.717) is 11.8 Å². The third-order valence-corrected chi connectivity index (χ3v) is 3.40. The van der Waals surface area contributed by atoms with Gasteiger partial charge in [0.25, 0.3) is 0 Å². The van der Waals surface area contributed by atoms with E-state index in [4.69, 9.17) is 0 Å². The van der Waals surface area contributed by atoms with Crippen molar-refractivity contribution in [2.45, 2.75) is 20.3 Å². The maximum absolute atomic E-state index is 11.4. The van der Waals surface area contributed by atoms with Gasteiger partial charge in [-0.15, -0.1) is 0 Å². The molecule has 0 N–H and O–H groups in total. The standard InChI is InChI=1S/C11H14O2/c1-6(12)10-8-3-4-9(5-8)11(10)7(2)13/h3-4,8-11H,5H2,1-2H3/t8-,9+,10-,11-/m0/s1. The van der Waals surface area contributed by atoms with Crippen LogP contribution in [0.3, 0.4) is 0 Å². The van der Waals surface area contributed by atoms with Gasteiger partial charge in [-0.3, -0.25) is 9.59 Å². The molecule has 0 aromatic heterocycles. The van der Waals surface area contributed by atoms with Crippen LogP contribution in [0.15, 0.2) is 12.2 Å². The summed E-state index contributed by atoms with van der Waals surface area (Å²) < 4.78 is 0. The first-order valence-electron chi connectivity index (χ1n) is 4.80. The van der Waals surface area contributed by atoms with Gasteiger partial charge in [0.15, 0.2) is 0 Å². The molecule has 2 bridgehead atoms. The van der Waals surface area contributed by atoms with Crippen molar-refractivity contribution in [3.05, 3.63) is 12.2 Å². The molecule has 0 saturated heterocycles. The Hall–Kier alpha value is -0.920. The third kappa shape index (κ3) is 1.16. The van der Waals surface area contributed by atoms with E-state index in [0.717, 1.165) is 6.42 Å². The molecule has 0 spiro atoms. The van der Waals surface area contributed by atoms with Gasteiger partial charge < -0.3 is 0 Å². The summed E-state index contributed by atoms with van der Waals surface area (Å²) >= 11 is 0. The van der Waals surface area contributed by atoms with Crippen LogP contribution < -0.4 is 0 Å². The lowest BCUT2D eigenvalue weighted by Gasteiger charge is -2.23. The van der Waals surface area contributed by atoms with Crippen molar-refractivity contribution in [2.75, 3.05) is 0 Å². The van der Waals surface area contributed by atoms with Crippen LogP contribution in [0.25, 0.3) is 0 Å². The minimum Gasteiger partial charge on any atom is -0.300 e. The quantitative estimate of drug-likeness (QED) is 0.602. The van der Waals surface area contributed by atoms with E-state index >= 15 is 0 Å². The summed E-state index contributed by atoms with van der Waals surface area (Å²) in [4.78, 5) is 22.7. The van der Waals surface area contributed by atoms with Crippen LogP contribution in [0, 0.1) is 23.7 Å². The van der Waals surface area contributed by atoms with Gasteiger partial charge in [-0.05, 0) is 32.1 Å². The summed E-state index contributed by atoms with van der Waals surface area (Å²) in [7, 11) is 0. The molecule has 0 unspecified atom stereocenters. The molecule has 4 atom stereocenters. The summed E-state index contributed by atoms with van der Waals surface area (Å²) in [6.07, 6.45) is 5.22. The molecule has 2 heteroatoms. The van der Waals surface area contributed by atoms with Crippen LogP contribution in [0.5, 0.6) is 0 Å². The first kappa shape index (κ1) is 8.67. The smallest absolute Gasteiger partial charge is 0.134 e. The van der Waals surface area contributed by atoms with E-state index < -0.39 is 0 Å². The second-order valence-corrected chi connectivity index (χ2v) is 4.22. The second kappa shape index (κ2) is 2.79. The van der Waals surface area contributed by atoms with Gasteiger partial charge >= 0.3 is 0 Å². The van der Waals surface area contributed by atoms with Crippen molar-refractivity contribution in [3.8, 4) is 0 Å². The SMILES string of the molecule is CC(=O)[C@@H]1[C@@H](C(C)=O)[C@H]2C=C[C@@H]1C2. The Kier molecular flexibility index (Phi) is 1.86. The average molecular weight is 178 g/mol. The van der Waals surface area contributed by atoms with Crippen molar-refractivity contribution < 1.29 is 9.59 Å². The van der Waals surface area contributed by atoms with Crippen molar-refractivity contribution in [2.24, 2.45) is 23.7 Å². The zero-order valence-electron chi connectivity index (χ0n) is 7.99. The van der Waals surface area contributed by atoms with E-state index in [1.165, 1.54) is 0 Å². The fraction of sp³-hybridized carbons (Fsp3) is 0.636. The lowest BCUT2D eigenvalue weighted by atomic mass is 9.79. The van der Waals surface area contributed by atoms with Crippen molar-refractivity contribution in [1.29, 1.82) is 0 Å². The number of carbonyl (C=O) groups excluding carboxylic acids is 2. The topological polar surface area (TPSA) is 34.1 Å². The maximum atomic E-state index is 11.4. The number of ketones is 2. The van der Waals surface area contributed by atoms with E-state index in [-0.39, 0.29) is 23.4 Å². The fourth-order valence-corrected chi connectivity index (χ4v) is 2.93.